The van der Waals surface area contributed by atoms with E-state index in [4.69, 9.17) is 5.10 Å². The molecule has 1 atom stereocenters. The third-order valence-corrected chi connectivity index (χ3v) is 8.56. The molecule has 0 radical (unpaired) electrons. The summed E-state index contributed by atoms with van der Waals surface area (Å²) < 4.78 is 29.4. The van der Waals surface area contributed by atoms with Gasteiger partial charge in [0.1, 0.15) is 6.17 Å². The van der Waals surface area contributed by atoms with E-state index in [1.54, 1.807) is 10.5 Å². The number of nitrogens with one attached hydrogen (secondary N) is 2. The van der Waals surface area contributed by atoms with E-state index >= 15 is 0 Å². The lowest BCUT2D eigenvalue weighted by Gasteiger charge is -2.43. The molecule has 5 rings (SSSR count). The summed E-state index contributed by atoms with van der Waals surface area (Å²) in [5.74, 6) is 0.517. The van der Waals surface area contributed by atoms with Gasteiger partial charge in [-0.05, 0) is 56.2 Å². The lowest BCUT2D eigenvalue weighted by molar-refractivity contribution is 0.00850. The fourth-order valence-electron chi connectivity index (χ4n) is 5.25. The van der Waals surface area contributed by atoms with E-state index in [1.807, 2.05) is 43.1 Å². The molecule has 3 heterocycles. The number of hydrogen-bond acceptors (Lipinski definition) is 7. The van der Waals surface area contributed by atoms with E-state index in [9.17, 15) is 13.7 Å². The second kappa shape index (κ2) is 9.69. The van der Waals surface area contributed by atoms with E-state index < -0.39 is 17.5 Å². The highest BCUT2D eigenvalue weighted by Gasteiger charge is 2.36. The molecule has 182 valence electrons. The molecular formula is C24H31FN6O2S. The molecule has 3 aliphatic rings. The van der Waals surface area contributed by atoms with Crippen LogP contribution in [0, 0.1) is 0 Å². The van der Waals surface area contributed by atoms with Crippen LogP contribution in [-0.4, -0.2) is 69.2 Å². The number of aldehydes is 1. The van der Waals surface area contributed by atoms with Gasteiger partial charge in [0.25, 0.3) is 0 Å². The summed E-state index contributed by atoms with van der Waals surface area (Å²) in [7, 11) is 3.65. The van der Waals surface area contributed by atoms with Crippen LogP contribution < -0.4 is 10.6 Å². The van der Waals surface area contributed by atoms with E-state index in [1.165, 1.54) is 0 Å². The van der Waals surface area contributed by atoms with Crippen molar-refractivity contribution in [2.75, 3.05) is 32.5 Å². The first-order valence-electron chi connectivity index (χ1n) is 11.8. The van der Waals surface area contributed by atoms with Gasteiger partial charge in [-0.3, -0.25) is 14.4 Å². The van der Waals surface area contributed by atoms with Crippen molar-refractivity contribution in [1.29, 1.82) is 0 Å². The summed E-state index contributed by atoms with van der Waals surface area (Å²) in [6.07, 6.45) is 7.75. The molecule has 1 saturated carbocycles. The molecule has 0 amide bonds. The normalized spacial score (nSPS) is 25.9. The predicted molar refractivity (Wildman–Crippen MR) is 131 cm³/mol. The predicted octanol–water partition coefficient (Wildman–Crippen LogP) is 3.23. The van der Waals surface area contributed by atoms with Gasteiger partial charge in [-0.15, -0.1) is 4.31 Å². The molecule has 34 heavy (non-hydrogen) atoms. The van der Waals surface area contributed by atoms with Crippen LogP contribution >= 0.6 is 0 Å². The first kappa shape index (κ1) is 23.3. The summed E-state index contributed by atoms with van der Waals surface area (Å²) in [6, 6.07) is 6.34. The highest BCUT2D eigenvalue weighted by Crippen LogP contribution is 2.37. The maximum Gasteiger partial charge on any atom is 0.178 e. The van der Waals surface area contributed by atoms with Crippen LogP contribution in [0.25, 0.3) is 6.08 Å². The lowest BCUT2D eigenvalue weighted by atomic mass is 9.88. The monoisotopic (exact) mass is 486 g/mol. The first-order valence-corrected chi connectivity index (χ1v) is 12.9. The topological polar surface area (TPSA) is 88.5 Å². The van der Waals surface area contributed by atoms with Gasteiger partial charge < -0.3 is 15.2 Å². The third-order valence-electron chi connectivity index (χ3n) is 7.09. The van der Waals surface area contributed by atoms with Gasteiger partial charge in [0.15, 0.2) is 17.0 Å². The molecule has 8 nitrogen and oxygen atoms in total. The first-order chi connectivity index (χ1) is 16.5. The van der Waals surface area contributed by atoms with E-state index in [0.717, 1.165) is 53.8 Å². The van der Waals surface area contributed by atoms with Gasteiger partial charge in [-0.2, -0.15) is 5.10 Å². The number of benzene rings is 1. The maximum atomic E-state index is 13.3. The molecule has 2 N–H and O–H groups in total. The van der Waals surface area contributed by atoms with Gasteiger partial charge in [-0.1, -0.05) is 0 Å². The van der Waals surface area contributed by atoms with Crippen LogP contribution in [-0.2, 0) is 17.9 Å². The zero-order valence-electron chi connectivity index (χ0n) is 19.5. The molecule has 1 aliphatic carbocycles. The van der Waals surface area contributed by atoms with Gasteiger partial charge in [0.05, 0.1) is 35.2 Å². The Balaban J connectivity index is 1.39. The number of nitrogens with zero attached hydrogens (tertiary/aromatic N) is 4. The van der Waals surface area contributed by atoms with Gasteiger partial charge in [-0.25, -0.2) is 4.39 Å². The number of halogens is 1. The Hall–Kier alpha value is -2.40. The van der Waals surface area contributed by atoms with Crippen LogP contribution in [0.5, 0.6) is 0 Å². The fraction of sp³-hybridized carbons (Fsp3) is 0.500. The second-order valence-corrected chi connectivity index (χ2v) is 10.9. The van der Waals surface area contributed by atoms with Crippen molar-refractivity contribution in [3.63, 3.8) is 0 Å². The number of carbonyl (C=O) groups excluding carboxylic acids is 1. The highest BCUT2D eigenvalue weighted by molar-refractivity contribution is 7.89. The molecule has 10 heteroatoms. The highest BCUT2D eigenvalue weighted by atomic mass is 32.2. The Morgan fingerprint density at radius 1 is 1.21 bits per heavy atom. The zero-order valence-corrected chi connectivity index (χ0v) is 20.4. The van der Waals surface area contributed by atoms with Crippen molar-refractivity contribution in [2.24, 2.45) is 0 Å². The van der Waals surface area contributed by atoms with Crippen LogP contribution in [0.3, 0.4) is 0 Å². The molecule has 1 unspecified atom stereocenters. The van der Waals surface area contributed by atoms with Gasteiger partial charge >= 0.3 is 0 Å². The summed E-state index contributed by atoms with van der Waals surface area (Å²) >= 11 is -1.13. The second-order valence-electron chi connectivity index (χ2n) is 9.33. The minimum absolute atomic E-state index is 0.181. The average Bonchev–Trinajstić information content (AvgIpc) is 3.31. The SMILES string of the molecule is CN/C=C\c1c(C=O)c(Nc2ccc3c(c2)CN(C)[S+]3[O-])nn1C1CCC(N2CC(F)C2)CC1. The zero-order chi connectivity index (χ0) is 23.8. The Kier molecular flexibility index (Phi) is 6.65. The molecule has 2 aliphatic heterocycles. The molecule has 1 aromatic carbocycles. The smallest absolute Gasteiger partial charge is 0.178 e. The van der Waals surface area contributed by atoms with Crippen LogP contribution in [0.4, 0.5) is 15.9 Å². The Labute approximate surface area is 202 Å². The summed E-state index contributed by atoms with van der Waals surface area (Å²) in [6.45, 7) is 1.73. The third kappa shape index (κ3) is 4.35. The Morgan fingerprint density at radius 3 is 2.62 bits per heavy atom. The number of alkyl halides is 1. The summed E-state index contributed by atoms with van der Waals surface area (Å²) in [5.41, 5.74) is 3.10. The number of rotatable bonds is 7. The van der Waals surface area contributed by atoms with Crippen LogP contribution in [0.1, 0.15) is 53.3 Å². The van der Waals surface area contributed by atoms with Crippen LogP contribution in [0.15, 0.2) is 29.3 Å². The van der Waals surface area contributed by atoms with Crippen molar-refractivity contribution in [2.45, 2.75) is 55.4 Å². The van der Waals surface area contributed by atoms with Gasteiger partial charge in [0.2, 0.25) is 0 Å². The van der Waals surface area contributed by atoms with Crippen molar-refractivity contribution in [3.05, 3.63) is 41.2 Å². The van der Waals surface area contributed by atoms with Crippen molar-refractivity contribution in [1.82, 2.24) is 24.3 Å². The maximum absolute atomic E-state index is 13.3. The average molecular weight is 487 g/mol. The lowest BCUT2D eigenvalue weighted by Crippen LogP contribution is -2.54. The number of aromatic nitrogens is 2. The van der Waals surface area contributed by atoms with Crippen LogP contribution in [0.2, 0.25) is 0 Å². The molecule has 1 aromatic heterocycles. The van der Waals surface area contributed by atoms with E-state index in [2.05, 4.69) is 15.5 Å². The van der Waals surface area contributed by atoms with Crippen molar-refractivity contribution >= 4 is 35.2 Å². The minimum atomic E-state index is -1.13. The molecular weight excluding hydrogens is 455 g/mol. The quantitative estimate of drug-likeness (QED) is 0.459. The number of anilines is 2. The molecule has 0 spiro atoms. The minimum Gasteiger partial charge on any atom is -0.593 e. The number of fused-ring (bicyclic) bond motifs is 1. The Morgan fingerprint density at radius 2 is 1.94 bits per heavy atom. The summed E-state index contributed by atoms with van der Waals surface area (Å²) in [4.78, 5) is 15.2. The van der Waals surface area contributed by atoms with E-state index in [0.29, 0.717) is 37.1 Å². The molecule has 1 saturated heterocycles. The number of carbonyl (C=O) groups is 1. The largest absolute Gasteiger partial charge is 0.593 e. The molecule has 0 bridgehead atoms. The van der Waals surface area contributed by atoms with E-state index in [-0.39, 0.29) is 6.04 Å². The van der Waals surface area contributed by atoms with Gasteiger partial charge in [0, 0.05) is 44.5 Å². The van der Waals surface area contributed by atoms with Crippen molar-refractivity contribution in [3.8, 4) is 0 Å². The van der Waals surface area contributed by atoms with Crippen molar-refractivity contribution < 1.29 is 13.7 Å². The standard InChI is InChI=1S/C24H31FN6O2S/c1-26-10-9-22-21(15-32)24(27-18-3-8-23-16(11-18)12-29(2)34(23)33)28-31(22)20-6-4-19(5-7-20)30-13-17(25)14-30/h3,8-11,15,17,19-20,26H,4-7,12-14H2,1-2H3,(H,27,28)/b10-9-. The molecule has 2 aromatic rings. The number of hydrogen-bond donors (Lipinski definition) is 2. The Bertz CT molecular complexity index is 1080. The molecule has 2 fully saturated rings. The fourth-order valence-corrected chi connectivity index (χ4v) is 6.38. The summed E-state index contributed by atoms with van der Waals surface area (Å²) in [5, 5.41) is 11.2. The number of likely N-dealkylation sites (tertiary alicyclic amines) is 1.